The molecule has 7 heteroatoms. The maximum Gasteiger partial charge on any atom is 0.573 e. The van der Waals surface area contributed by atoms with E-state index in [9.17, 15) is 17.6 Å². The number of alkyl halides is 3. The lowest BCUT2D eigenvalue weighted by Gasteiger charge is -2.32. The molecule has 36 heavy (non-hydrogen) atoms. The van der Waals surface area contributed by atoms with Gasteiger partial charge in [0.05, 0.1) is 0 Å². The third kappa shape index (κ3) is 7.13. The SMILES string of the molecule is CC[C@H]1CC[C@H](CCC2CCC(c3c(F)c[c]c(Oc4ccc(OC(F)(F)F)cc4)c3F)CC2)CC1. The molecule has 2 nitrogen and oxygen atoms in total. The molecule has 2 aliphatic carbocycles. The fraction of sp³-hybridized carbons (Fsp3) is 0.586. The topological polar surface area (TPSA) is 18.5 Å². The van der Waals surface area contributed by atoms with Crippen LogP contribution in [-0.2, 0) is 0 Å². The molecule has 0 spiro atoms. The van der Waals surface area contributed by atoms with E-state index in [1.54, 1.807) is 0 Å². The molecular formula is C29H34F5O2. The van der Waals surface area contributed by atoms with Gasteiger partial charge in [-0.3, -0.25) is 0 Å². The van der Waals surface area contributed by atoms with Crippen molar-refractivity contribution < 1.29 is 31.4 Å². The third-order valence-electron chi connectivity index (χ3n) is 8.08. The molecule has 2 fully saturated rings. The van der Waals surface area contributed by atoms with E-state index in [0.717, 1.165) is 55.7 Å². The van der Waals surface area contributed by atoms with Gasteiger partial charge in [0.1, 0.15) is 17.3 Å². The van der Waals surface area contributed by atoms with Gasteiger partial charge in [0.25, 0.3) is 0 Å². The van der Waals surface area contributed by atoms with E-state index in [4.69, 9.17) is 4.74 Å². The van der Waals surface area contributed by atoms with E-state index in [1.165, 1.54) is 57.1 Å². The number of hydrogen-bond acceptors (Lipinski definition) is 2. The molecule has 2 aliphatic rings. The molecule has 0 atom stereocenters. The lowest BCUT2D eigenvalue weighted by atomic mass is 9.74. The number of benzene rings is 2. The summed E-state index contributed by atoms with van der Waals surface area (Å²) in [6.45, 7) is 2.28. The Labute approximate surface area is 210 Å². The van der Waals surface area contributed by atoms with E-state index in [1.807, 2.05) is 0 Å². The van der Waals surface area contributed by atoms with Crippen LogP contribution in [0.1, 0.15) is 89.0 Å². The molecule has 0 heterocycles. The van der Waals surface area contributed by atoms with E-state index in [-0.39, 0.29) is 23.0 Å². The Bertz CT molecular complexity index is 972. The van der Waals surface area contributed by atoms with Crippen molar-refractivity contribution in [3.8, 4) is 17.2 Å². The zero-order valence-electron chi connectivity index (χ0n) is 20.7. The zero-order chi connectivity index (χ0) is 25.7. The maximum atomic E-state index is 15.3. The van der Waals surface area contributed by atoms with Crippen LogP contribution < -0.4 is 9.47 Å². The van der Waals surface area contributed by atoms with Gasteiger partial charge in [-0.05, 0) is 79.7 Å². The summed E-state index contributed by atoms with van der Waals surface area (Å²) in [7, 11) is 0. The fourth-order valence-electron chi connectivity index (χ4n) is 5.91. The zero-order valence-corrected chi connectivity index (χ0v) is 20.7. The summed E-state index contributed by atoms with van der Waals surface area (Å²) < 4.78 is 76.3. The van der Waals surface area contributed by atoms with Gasteiger partial charge in [-0.25, -0.2) is 8.78 Å². The summed E-state index contributed by atoms with van der Waals surface area (Å²) >= 11 is 0. The van der Waals surface area contributed by atoms with Gasteiger partial charge in [-0.15, -0.1) is 13.2 Å². The minimum atomic E-state index is -4.80. The number of ether oxygens (including phenoxy) is 2. The first kappa shape index (κ1) is 26.7. The molecule has 4 rings (SSSR count). The molecule has 0 aromatic heterocycles. The van der Waals surface area contributed by atoms with Crippen LogP contribution >= 0.6 is 0 Å². The maximum absolute atomic E-state index is 15.3. The smallest absolute Gasteiger partial charge is 0.454 e. The molecule has 0 saturated heterocycles. The minimum absolute atomic E-state index is 0.0251. The monoisotopic (exact) mass is 509 g/mol. The lowest BCUT2D eigenvalue weighted by molar-refractivity contribution is -0.274. The van der Waals surface area contributed by atoms with Crippen molar-refractivity contribution in [2.24, 2.45) is 17.8 Å². The Kier molecular flexibility index (Phi) is 8.78. The highest BCUT2D eigenvalue weighted by molar-refractivity contribution is 5.39. The molecule has 0 aliphatic heterocycles. The van der Waals surface area contributed by atoms with Gasteiger partial charge in [0.15, 0.2) is 11.6 Å². The van der Waals surface area contributed by atoms with Crippen molar-refractivity contribution in [3.05, 3.63) is 53.6 Å². The standard InChI is InChI=1S/C29H34F5O2/c1-2-19-3-5-20(6-4-19)7-8-21-9-11-22(12-10-21)27-25(30)17-18-26(28(27)31)35-23-13-15-24(16-14-23)36-29(32,33)34/h13-17,19-22H,2-12H2,1H3/t19-,20-,21?,22?. The molecule has 1 radical (unpaired) electrons. The van der Waals surface area contributed by atoms with Gasteiger partial charge >= 0.3 is 6.36 Å². The van der Waals surface area contributed by atoms with E-state index < -0.39 is 23.7 Å². The van der Waals surface area contributed by atoms with Crippen molar-refractivity contribution in [1.29, 1.82) is 0 Å². The van der Waals surface area contributed by atoms with Crippen molar-refractivity contribution >= 4 is 0 Å². The minimum Gasteiger partial charge on any atom is -0.454 e. The predicted octanol–water partition coefficient (Wildman–Crippen LogP) is 9.73. The van der Waals surface area contributed by atoms with Crippen LogP contribution in [0.2, 0.25) is 0 Å². The first-order valence-corrected chi connectivity index (χ1v) is 13.1. The van der Waals surface area contributed by atoms with Crippen molar-refractivity contribution in [3.63, 3.8) is 0 Å². The fourth-order valence-corrected chi connectivity index (χ4v) is 5.91. The van der Waals surface area contributed by atoms with Crippen LogP contribution in [0.15, 0.2) is 30.3 Å². The summed E-state index contributed by atoms with van der Waals surface area (Å²) in [5, 5.41) is 0. The number of halogens is 5. The largest absolute Gasteiger partial charge is 0.573 e. The normalized spacial score (nSPS) is 24.9. The Morgan fingerprint density at radius 1 is 0.806 bits per heavy atom. The Morgan fingerprint density at radius 2 is 1.33 bits per heavy atom. The van der Waals surface area contributed by atoms with Gasteiger partial charge in [0.2, 0.25) is 0 Å². The van der Waals surface area contributed by atoms with Crippen molar-refractivity contribution in [2.45, 2.75) is 89.8 Å². The molecular weight excluding hydrogens is 475 g/mol. The lowest BCUT2D eigenvalue weighted by Crippen LogP contribution is -2.18. The van der Waals surface area contributed by atoms with E-state index in [0.29, 0.717) is 5.92 Å². The summed E-state index contributed by atoms with van der Waals surface area (Å²) in [5.74, 6) is 0.131. The van der Waals surface area contributed by atoms with Gasteiger partial charge in [0, 0.05) is 11.6 Å². The Hall–Kier alpha value is -2.31. The van der Waals surface area contributed by atoms with Gasteiger partial charge in [-0.2, -0.15) is 0 Å². The number of hydrogen-bond donors (Lipinski definition) is 0. The second kappa shape index (κ2) is 11.8. The average molecular weight is 510 g/mol. The summed E-state index contributed by atoms with van der Waals surface area (Å²) in [5.41, 5.74) is 0.0251. The predicted molar refractivity (Wildman–Crippen MR) is 128 cm³/mol. The molecule has 0 bridgehead atoms. The van der Waals surface area contributed by atoms with E-state index >= 15 is 4.39 Å². The highest BCUT2D eigenvalue weighted by Crippen LogP contribution is 2.43. The second-order valence-corrected chi connectivity index (χ2v) is 10.4. The summed E-state index contributed by atoms with van der Waals surface area (Å²) in [4.78, 5) is 0. The molecule has 0 N–H and O–H groups in total. The highest BCUT2D eigenvalue weighted by atomic mass is 19.4. The highest BCUT2D eigenvalue weighted by Gasteiger charge is 2.31. The quantitative estimate of drug-likeness (QED) is 0.330. The molecule has 2 aromatic rings. The summed E-state index contributed by atoms with van der Waals surface area (Å²) in [6, 6.07) is 8.16. The second-order valence-electron chi connectivity index (χ2n) is 10.4. The van der Waals surface area contributed by atoms with Crippen LogP contribution in [-0.4, -0.2) is 6.36 Å². The first-order valence-electron chi connectivity index (χ1n) is 13.1. The Balaban J connectivity index is 1.32. The molecule has 2 saturated carbocycles. The van der Waals surface area contributed by atoms with Crippen molar-refractivity contribution in [2.75, 3.05) is 0 Å². The Morgan fingerprint density at radius 3 is 1.89 bits per heavy atom. The van der Waals surface area contributed by atoms with Gasteiger partial charge < -0.3 is 9.47 Å². The summed E-state index contributed by atoms with van der Waals surface area (Å²) in [6.07, 6.45) is 7.72. The third-order valence-corrected chi connectivity index (χ3v) is 8.08. The molecule has 2 aromatic carbocycles. The van der Waals surface area contributed by atoms with E-state index in [2.05, 4.69) is 17.7 Å². The van der Waals surface area contributed by atoms with Gasteiger partial charge in [-0.1, -0.05) is 51.9 Å². The van der Waals surface area contributed by atoms with Crippen LogP contribution in [0.3, 0.4) is 0 Å². The molecule has 0 amide bonds. The number of rotatable bonds is 8. The van der Waals surface area contributed by atoms with Crippen LogP contribution in [0, 0.1) is 35.5 Å². The first-order chi connectivity index (χ1) is 17.2. The van der Waals surface area contributed by atoms with Crippen LogP contribution in [0.5, 0.6) is 17.2 Å². The molecule has 197 valence electrons. The van der Waals surface area contributed by atoms with Crippen LogP contribution in [0.25, 0.3) is 0 Å². The molecule has 0 unspecified atom stereocenters. The van der Waals surface area contributed by atoms with Crippen LogP contribution in [0.4, 0.5) is 22.0 Å². The van der Waals surface area contributed by atoms with Crippen molar-refractivity contribution in [1.82, 2.24) is 0 Å². The average Bonchev–Trinajstić information content (AvgIpc) is 2.86.